The van der Waals surface area contributed by atoms with Gasteiger partial charge in [0.15, 0.2) is 5.78 Å². The summed E-state index contributed by atoms with van der Waals surface area (Å²) in [7, 11) is 1.52. The van der Waals surface area contributed by atoms with E-state index in [2.05, 4.69) is 10.6 Å². The van der Waals surface area contributed by atoms with Gasteiger partial charge in [-0.05, 0) is 42.5 Å². The highest BCUT2D eigenvalue weighted by Gasteiger charge is 2.38. The molecule has 3 N–H and O–H groups in total. The number of carboxylic acids is 1. The zero-order valence-electron chi connectivity index (χ0n) is 22.8. The highest BCUT2D eigenvalue weighted by Crippen LogP contribution is 2.40. The first-order valence-corrected chi connectivity index (χ1v) is 12.7. The van der Waals surface area contributed by atoms with Crippen LogP contribution in [0.15, 0.2) is 72.8 Å². The van der Waals surface area contributed by atoms with Crippen molar-refractivity contribution in [3.05, 3.63) is 78.4 Å². The van der Waals surface area contributed by atoms with Crippen LogP contribution >= 0.6 is 0 Å². The topological polar surface area (TPSA) is 128 Å². The number of methoxy groups -OCH3 is 1. The summed E-state index contributed by atoms with van der Waals surface area (Å²) >= 11 is 0. The van der Waals surface area contributed by atoms with E-state index in [0.29, 0.717) is 17.1 Å². The number of Topliss-reactive ketones (excluding diaryl/α,β-unsaturated/α-hetero) is 1. The third-order valence-corrected chi connectivity index (χ3v) is 6.57. The number of para-hydroxylation sites is 1. The number of anilines is 4. The maximum atomic E-state index is 14.1. The van der Waals surface area contributed by atoms with Gasteiger partial charge in [-0.25, -0.2) is 9.59 Å². The largest absolute Gasteiger partial charge is 0.497 e. The van der Waals surface area contributed by atoms with Crippen LogP contribution < -0.4 is 25.2 Å². The molecule has 10 nitrogen and oxygen atoms in total. The van der Waals surface area contributed by atoms with E-state index < -0.39 is 29.4 Å². The number of amides is 3. The third kappa shape index (κ3) is 6.23. The van der Waals surface area contributed by atoms with Gasteiger partial charge >= 0.3 is 12.0 Å². The molecule has 1 atom stereocenters. The number of nitrogens with one attached hydrogen (secondary N) is 2. The Morgan fingerprint density at radius 2 is 1.70 bits per heavy atom. The standard InChI is InChI=1S/C30H32N4O6/c1-30(2,3)26(35)18-34-25-16-22(40-4)13-14-24(25)33(21-11-6-5-7-12-21)17-23(27(34)36)32-29(39)31-20-10-8-9-19(15-20)28(37)38/h5-16,23H,17-18H2,1-4H3,(H,37,38)(H2,31,32,39). The molecular formula is C30H32N4O6. The van der Waals surface area contributed by atoms with E-state index in [4.69, 9.17) is 4.74 Å². The first-order chi connectivity index (χ1) is 19.0. The molecule has 208 valence electrons. The van der Waals surface area contributed by atoms with E-state index in [1.165, 1.54) is 30.2 Å². The molecule has 3 aromatic carbocycles. The summed E-state index contributed by atoms with van der Waals surface area (Å²) in [5, 5.41) is 14.6. The normalized spacial score (nSPS) is 15.1. The van der Waals surface area contributed by atoms with Crippen molar-refractivity contribution < 1.29 is 29.0 Å². The van der Waals surface area contributed by atoms with E-state index in [-0.39, 0.29) is 30.1 Å². The minimum Gasteiger partial charge on any atom is -0.497 e. The average molecular weight is 545 g/mol. The molecule has 40 heavy (non-hydrogen) atoms. The molecule has 0 aromatic heterocycles. The fourth-order valence-corrected chi connectivity index (χ4v) is 4.30. The van der Waals surface area contributed by atoms with Gasteiger partial charge in [0.25, 0.3) is 5.91 Å². The minimum absolute atomic E-state index is 0.00913. The quantitative estimate of drug-likeness (QED) is 0.394. The number of urea groups is 1. The van der Waals surface area contributed by atoms with Gasteiger partial charge in [-0.3, -0.25) is 9.59 Å². The Morgan fingerprint density at radius 1 is 0.975 bits per heavy atom. The number of hydrogen-bond acceptors (Lipinski definition) is 6. The molecule has 0 bridgehead atoms. The number of hydrogen-bond donors (Lipinski definition) is 3. The number of carbonyl (C=O) groups excluding carboxylic acids is 3. The summed E-state index contributed by atoms with van der Waals surface area (Å²) in [6.45, 7) is 5.23. The van der Waals surface area contributed by atoms with Gasteiger partial charge in [-0.1, -0.05) is 45.0 Å². The van der Waals surface area contributed by atoms with Gasteiger partial charge in [-0.2, -0.15) is 0 Å². The van der Waals surface area contributed by atoms with Crippen LogP contribution in [-0.2, 0) is 9.59 Å². The molecule has 1 heterocycles. The number of carboxylic acid groups (broad SMARTS) is 1. The van der Waals surface area contributed by atoms with Crippen LogP contribution in [-0.4, -0.2) is 55.0 Å². The third-order valence-electron chi connectivity index (χ3n) is 6.57. The molecule has 1 aliphatic rings. The molecule has 1 aliphatic heterocycles. The molecule has 10 heteroatoms. The van der Waals surface area contributed by atoms with E-state index in [0.717, 1.165) is 5.69 Å². The molecule has 0 saturated carbocycles. The summed E-state index contributed by atoms with van der Waals surface area (Å²) in [4.78, 5) is 55.0. The van der Waals surface area contributed by atoms with Crippen LogP contribution in [0.5, 0.6) is 5.75 Å². The van der Waals surface area contributed by atoms with Crippen LogP contribution in [0.2, 0.25) is 0 Å². The number of fused-ring (bicyclic) bond motifs is 1. The number of benzene rings is 3. The van der Waals surface area contributed by atoms with E-state index in [9.17, 15) is 24.3 Å². The van der Waals surface area contributed by atoms with Gasteiger partial charge in [0, 0.05) is 22.9 Å². The number of aromatic carboxylic acids is 1. The Balaban J connectivity index is 1.74. The van der Waals surface area contributed by atoms with Crippen molar-refractivity contribution in [3.8, 4) is 5.75 Å². The molecule has 0 fully saturated rings. The smallest absolute Gasteiger partial charge is 0.335 e. The predicted molar refractivity (Wildman–Crippen MR) is 153 cm³/mol. The average Bonchev–Trinajstić information content (AvgIpc) is 3.03. The van der Waals surface area contributed by atoms with Crippen LogP contribution in [0, 0.1) is 5.41 Å². The van der Waals surface area contributed by atoms with Gasteiger partial charge < -0.3 is 30.3 Å². The zero-order valence-corrected chi connectivity index (χ0v) is 22.8. The van der Waals surface area contributed by atoms with Gasteiger partial charge in [-0.15, -0.1) is 0 Å². The van der Waals surface area contributed by atoms with E-state index in [1.807, 2.05) is 41.3 Å². The van der Waals surface area contributed by atoms with Crippen LogP contribution in [0.1, 0.15) is 31.1 Å². The van der Waals surface area contributed by atoms with Crippen molar-refractivity contribution >= 4 is 46.4 Å². The lowest BCUT2D eigenvalue weighted by Crippen LogP contribution is -2.54. The van der Waals surface area contributed by atoms with Crippen LogP contribution in [0.3, 0.4) is 0 Å². The second-order valence-corrected chi connectivity index (χ2v) is 10.4. The maximum absolute atomic E-state index is 14.1. The van der Waals surface area contributed by atoms with Gasteiger partial charge in [0.2, 0.25) is 0 Å². The number of ether oxygens (including phenoxy) is 1. The number of ketones is 1. The zero-order chi connectivity index (χ0) is 29.0. The minimum atomic E-state index is -1.13. The highest BCUT2D eigenvalue weighted by molar-refractivity contribution is 6.08. The fourth-order valence-electron chi connectivity index (χ4n) is 4.30. The Hall–Kier alpha value is -4.86. The number of nitrogens with zero attached hydrogens (tertiary/aromatic N) is 2. The summed E-state index contributed by atoms with van der Waals surface area (Å²) < 4.78 is 5.44. The second-order valence-electron chi connectivity index (χ2n) is 10.4. The Labute approximate surface area is 232 Å². The van der Waals surface area contributed by atoms with E-state index in [1.54, 1.807) is 39.0 Å². The van der Waals surface area contributed by atoms with Crippen LogP contribution in [0.25, 0.3) is 0 Å². The SMILES string of the molecule is COc1ccc2c(c1)N(CC(=O)C(C)(C)C)C(=O)C(NC(=O)Nc1cccc(C(=O)O)c1)CN2c1ccccc1. The first kappa shape index (κ1) is 28.2. The van der Waals surface area contributed by atoms with Crippen molar-refractivity contribution in [1.29, 1.82) is 0 Å². The lowest BCUT2D eigenvalue weighted by Gasteiger charge is -2.28. The Morgan fingerprint density at radius 3 is 2.35 bits per heavy atom. The van der Waals surface area contributed by atoms with Crippen LogP contribution in [0.4, 0.5) is 27.5 Å². The Kier molecular flexibility index (Phi) is 8.08. The number of carbonyl (C=O) groups is 4. The molecule has 0 radical (unpaired) electrons. The Bertz CT molecular complexity index is 1430. The maximum Gasteiger partial charge on any atom is 0.335 e. The lowest BCUT2D eigenvalue weighted by molar-refractivity contribution is -0.127. The first-order valence-electron chi connectivity index (χ1n) is 12.7. The van der Waals surface area contributed by atoms with Gasteiger partial charge in [0.1, 0.15) is 11.8 Å². The predicted octanol–water partition coefficient (Wildman–Crippen LogP) is 4.68. The van der Waals surface area contributed by atoms with Gasteiger partial charge in [0.05, 0.1) is 37.1 Å². The summed E-state index contributed by atoms with van der Waals surface area (Å²) in [5.41, 5.74) is 1.49. The molecule has 0 aliphatic carbocycles. The van der Waals surface area contributed by atoms with Crippen molar-refractivity contribution in [3.63, 3.8) is 0 Å². The molecule has 4 rings (SSSR count). The van der Waals surface area contributed by atoms with E-state index >= 15 is 0 Å². The molecule has 3 aromatic rings. The molecular weight excluding hydrogens is 512 g/mol. The second kappa shape index (κ2) is 11.5. The van der Waals surface area contributed by atoms with Crippen molar-refractivity contribution in [2.45, 2.75) is 26.8 Å². The molecule has 3 amide bonds. The highest BCUT2D eigenvalue weighted by atomic mass is 16.5. The van der Waals surface area contributed by atoms with Crippen molar-refractivity contribution in [2.75, 3.05) is 35.3 Å². The lowest BCUT2D eigenvalue weighted by atomic mass is 9.90. The summed E-state index contributed by atoms with van der Waals surface area (Å²) in [6.07, 6.45) is 0. The van der Waals surface area contributed by atoms with Crippen molar-refractivity contribution in [1.82, 2.24) is 5.32 Å². The monoisotopic (exact) mass is 544 g/mol. The summed E-state index contributed by atoms with van der Waals surface area (Å²) in [6, 6.07) is 18.7. The molecule has 0 spiro atoms. The molecule has 0 saturated heterocycles. The summed E-state index contributed by atoms with van der Waals surface area (Å²) in [5.74, 6) is -1.25. The molecule has 1 unspecified atom stereocenters. The fraction of sp³-hybridized carbons (Fsp3) is 0.267. The van der Waals surface area contributed by atoms with Crippen molar-refractivity contribution in [2.24, 2.45) is 5.41 Å². The number of rotatable bonds is 7.